The fourth-order valence-electron chi connectivity index (χ4n) is 2.26. The predicted octanol–water partition coefficient (Wildman–Crippen LogP) is 4.39. The summed E-state index contributed by atoms with van der Waals surface area (Å²) in [7, 11) is 0. The molecule has 0 bridgehead atoms. The summed E-state index contributed by atoms with van der Waals surface area (Å²) in [6, 6.07) is 13.7. The highest BCUT2D eigenvalue weighted by atomic mass is 19.4. The fraction of sp³-hybridized carbons (Fsp3) is 0.0588. The van der Waals surface area contributed by atoms with E-state index in [2.05, 4.69) is 15.0 Å². The van der Waals surface area contributed by atoms with Crippen LogP contribution in [0.5, 0.6) is 5.75 Å². The van der Waals surface area contributed by atoms with Crippen molar-refractivity contribution in [3.63, 3.8) is 0 Å². The Kier molecular flexibility index (Phi) is 4.07. The molecule has 24 heavy (non-hydrogen) atoms. The second-order valence-corrected chi connectivity index (χ2v) is 4.91. The number of halogens is 3. The number of benzene rings is 2. The minimum atomic E-state index is -4.79. The van der Waals surface area contributed by atoms with Crippen molar-refractivity contribution < 1.29 is 22.7 Å². The Balaban J connectivity index is 1.86. The van der Waals surface area contributed by atoms with Gasteiger partial charge in [-0.1, -0.05) is 24.3 Å². The number of amides is 1. The maximum Gasteiger partial charge on any atom is 0.573 e. The van der Waals surface area contributed by atoms with E-state index in [9.17, 15) is 18.0 Å². The van der Waals surface area contributed by atoms with Gasteiger partial charge in [0.1, 0.15) is 5.75 Å². The van der Waals surface area contributed by atoms with Gasteiger partial charge in [-0.15, -0.1) is 13.2 Å². The highest BCUT2D eigenvalue weighted by molar-refractivity contribution is 6.12. The summed E-state index contributed by atoms with van der Waals surface area (Å²) in [6.07, 6.45) is -3.29. The first kappa shape index (κ1) is 15.8. The molecule has 1 amide bonds. The maximum absolute atomic E-state index is 12.4. The van der Waals surface area contributed by atoms with Gasteiger partial charge in [-0.05, 0) is 24.3 Å². The van der Waals surface area contributed by atoms with Gasteiger partial charge in [-0.2, -0.15) is 0 Å². The lowest BCUT2D eigenvalue weighted by molar-refractivity contribution is -0.274. The highest BCUT2D eigenvalue weighted by Gasteiger charge is 2.31. The fourth-order valence-corrected chi connectivity index (χ4v) is 2.26. The molecular weight excluding hydrogens is 321 g/mol. The second kappa shape index (κ2) is 6.19. The number of nitrogens with zero attached hydrogens (tertiary/aromatic N) is 1. The average molecular weight is 332 g/mol. The van der Waals surface area contributed by atoms with Crippen LogP contribution in [-0.2, 0) is 0 Å². The first-order chi connectivity index (χ1) is 11.4. The van der Waals surface area contributed by atoms with Crippen molar-refractivity contribution in [3.05, 3.63) is 66.4 Å². The summed E-state index contributed by atoms with van der Waals surface area (Å²) in [5.74, 6) is -0.849. The number of aromatic nitrogens is 1. The number of hydrogen-bond donors (Lipinski definition) is 1. The summed E-state index contributed by atoms with van der Waals surface area (Å²) in [5.41, 5.74) is 1.23. The molecule has 0 aliphatic heterocycles. The number of carbonyl (C=O) groups excluding carboxylic acids is 1. The van der Waals surface area contributed by atoms with E-state index in [-0.39, 0.29) is 5.69 Å². The van der Waals surface area contributed by atoms with Gasteiger partial charge in [-0.3, -0.25) is 9.78 Å². The number of rotatable bonds is 3. The normalized spacial score (nSPS) is 11.3. The van der Waals surface area contributed by atoms with Crippen LogP contribution in [0.2, 0.25) is 0 Å². The van der Waals surface area contributed by atoms with E-state index >= 15 is 0 Å². The van der Waals surface area contributed by atoms with Gasteiger partial charge in [-0.25, -0.2) is 0 Å². The van der Waals surface area contributed by atoms with Gasteiger partial charge >= 0.3 is 6.36 Å². The molecule has 1 N–H and O–H groups in total. The molecule has 0 unspecified atom stereocenters. The molecule has 122 valence electrons. The SMILES string of the molecule is O=C(Nc1cccc(OC(F)(F)F)c1)c1ccnc2ccccc12. The third-order valence-corrected chi connectivity index (χ3v) is 3.22. The quantitative estimate of drug-likeness (QED) is 0.774. The van der Waals surface area contributed by atoms with Crippen LogP contribution in [0.1, 0.15) is 10.4 Å². The number of fused-ring (bicyclic) bond motifs is 1. The monoisotopic (exact) mass is 332 g/mol. The van der Waals surface area contributed by atoms with Gasteiger partial charge < -0.3 is 10.1 Å². The van der Waals surface area contributed by atoms with Crippen LogP contribution < -0.4 is 10.1 Å². The smallest absolute Gasteiger partial charge is 0.406 e. The Labute approximate surface area is 134 Å². The first-order valence-electron chi connectivity index (χ1n) is 6.93. The Hall–Kier alpha value is -3.09. The number of para-hydroxylation sites is 1. The standard InChI is InChI=1S/C17H11F3N2O2/c18-17(19,20)24-12-5-3-4-11(10-12)22-16(23)14-8-9-21-15-7-2-1-6-13(14)15/h1-10H,(H,22,23). The third kappa shape index (κ3) is 3.62. The molecular formula is C17H11F3N2O2. The van der Waals surface area contributed by atoms with Crippen LogP contribution >= 0.6 is 0 Å². The van der Waals surface area contributed by atoms with Crippen LogP contribution in [0.25, 0.3) is 10.9 Å². The van der Waals surface area contributed by atoms with E-state index in [1.807, 2.05) is 0 Å². The number of ether oxygens (including phenoxy) is 1. The van der Waals surface area contributed by atoms with E-state index in [0.717, 1.165) is 12.1 Å². The molecule has 0 saturated heterocycles. The maximum atomic E-state index is 12.4. The van der Waals surface area contributed by atoms with Crippen molar-refractivity contribution in [1.29, 1.82) is 0 Å². The summed E-state index contributed by atoms with van der Waals surface area (Å²) >= 11 is 0. The molecule has 7 heteroatoms. The van der Waals surface area contributed by atoms with Crippen LogP contribution in [0.3, 0.4) is 0 Å². The van der Waals surface area contributed by atoms with Crippen LogP contribution in [0.4, 0.5) is 18.9 Å². The summed E-state index contributed by atoms with van der Waals surface area (Å²) in [6.45, 7) is 0. The molecule has 0 fully saturated rings. The topological polar surface area (TPSA) is 51.2 Å². The minimum absolute atomic E-state index is 0.197. The molecule has 0 saturated carbocycles. The zero-order valence-corrected chi connectivity index (χ0v) is 12.2. The van der Waals surface area contributed by atoms with Gasteiger partial charge in [0.2, 0.25) is 0 Å². The van der Waals surface area contributed by atoms with Crippen molar-refractivity contribution in [3.8, 4) is 5.75 Å². The van der Waals surface area contributed by atoms with Gasteiger partial charge in [0, 0.05) is 23.3 Å². The summed E-state index contributed by atoms with van der Waals surface area (Å²) < 4.78 is 40.6. The van der Waals surface area contributed by atoms with E-state index in [1.54, 1.807) is 30.3 Å². The van der Waals surface area contributed by atoms with Gasteiger partial charge in [0.25, 0.3) is 5.91 Å². The lowest BCUT2D eigenvalue weighted by Gasteiger charge is -2.11. The summed E-state index contributed by atoms with van der Waals surface area (Å²) in [4.78, 5) is 16.6. The Bertz CT molecular complexity index is 889. The lowest BCUT2D eigenvalue weighted by atomic mass is 10.1. The predicted molar refractivity (Wildman–Crippen MR) is 82.8 cm³/mol. The van der Waals surface area contributed by atoms with Crippen LogP contribution in [-0.4, -0.2) is 17.3 Å². The van der Waals surface area contributed by atoms with Crippen molar-refractivity contribution in [2.24, 2.45) is 0 Å². The number of alkyl halides is 3. The molecule has 2 aromatic carbocycles. The molecule has 0 spiro atoms. The van der Waals surface area contributed by atoms with Crippen molar-refractivity contribution in [2.75, 3.05) is 5.32 Å². The number of hydrogen-bond acceptors (Lipinski definition) is 3. The van der Waals surface area contributed by atoms with E-state index < -0.39 is 18.0 Å². The Morgan fingerprint density at radius 2 is 1.83 bits per heavy atom. The zero-order chi connectivity index (χ0) is 17.2. The highest BCUT2D eigenvalue weighted by Crippen LogP contribution is 2.25. The van der Waals surface area contributed by atoms with Crippen LogP contribution in [0, 0.1) is 0 Å². The molecule has 0 atom stereocenters. The second-order valence-electron chi connectivity index (χ2n) is 4.91. The molecule has 0 aliphatic carbocycles. The van der Waals surface area contributed by atoms with Crippen molar-refractivity contribution in [1.82, 2.24) is 4.98 Å². The van der Waals surface area contributed by atoms with Gasteiger partial charge in [0.05, 0.1) is 11.1 Å². The zero-order valence-electron chi connectivity index (χ0n) is 12.2. The summed E-state index contributed by atoms with van der Waals surface area (Å²) in [5, 5.41) is 3.22. The van der Waals surface area contributed by atoms with Crippen molar-refractivity contribution in [2.45, 2.75) is 6.36 Å². The largest absolute Gasteiger partial charge is 0.573 e. The molecule has 1 aromatic heterocycles. The Morgan fingerprint density at radius 1 is 1.04 bits per heavy atom. The van der Waals surface area contributed by atoms with E-state index in [4.69, 9.17) is 0 Å². The molecule has 3 aromatic rings. The van der Waals surface area contributed by atoms with Crippen molar-refractivity contribution >= 4 is 22.5 Å². The third-order valence-electron chi connectivity index (χ3n) is 3.22. The first-order valence-corrected chi connectivity index (χ1v) is 6.93. The van der Waals surface area contributed by atoms with E-state index in [0.29, 0.717) is 16.5 Å². The number of nitrogens with one attached hydrogen (secondary N) is 1. The molecule has 1 heterocycles. The molecule has 3 rings (SSSR count). The Morgan fingerprint density at radius 3 is 2.62 bits per heavy atom. The molecule has 0 radical (unpaired) electrons. The lowest BCUT2D eigenvalue weighted by Crippen LogP contribution is -2.17. The van der Waals surface area contributed by atoms with Crippen LogP contribution in [0.15, 0.2) is 60.8 Å². The van der Waals surface area contributed by atoms with Gasteiger partial charge in [0.15, 0.2) is 0 Å². The van der Waals surface area contributed by atoms with E-state index in [1.165, 1.54) is 18.3 Å². The number of pyridine rings is 1. The average Bonchev–Trinajstić information content (AvgIpc) is 2.53. The molecule has 0 aliphatic rings. The molecule has 4 nitrogen and oxygen atoms in total. The number of carbonyl (C=O) groups is 1. The minimum Gasteiger partial charge on any atom is -0.406 e. The number of anilines is 1.